The molecule has 234 valence electrons. The molecule has 0 aromatic carbocycles. The van der Waals surface area contributed by atoms with Crippen LogP contribution in [0.4, 0.5) is 0 Å². The fourth-order valence-corrected chi connectivity index (χ4v) is 5.40. The van der Waals surface area contributed by atoms with Gasteiger partial charge in [0.2, 0.25) is 0 Å². The summed E-state index contributed by atoms with van der Waals surface area (Å²) < 4.78 is 0. The van der Waals surface area contributed by atoms with E-state index in [-0.39, 0.29) is 0 Å². The van der Waals surface area contributed by atoms with E-state index in [0.717, 1.165) is 18.9 Å². The highest BCUT2D eigenvalue weighted by molar-refractivity contribution is 4.93. The number of allylic oxidation sites excluding steroid dienone is 8. The number of hydrogen-bond acceptors (Lipinski definition) is 1. The standard InChI is InChI=1S/C39H73N/c1-5-7-9-11-13-15-17-19-21-23-25-27-29-31-33-35-37-39(40(3)4)38-36-34-32-30-28-26-24-22-20-18-16-14-12-10-8-6-2/h13-16,19-22,39H,5-12,17-18,23-38H2,1-4H3/b15-13-,16-14-,21-19-,22-20-. The van der Waals surface area contributed by atoms with Crippen molar-refractivity contribution < 1.29 is 0 Å². The van der Waals surface area contributed by atoms with Crippen molar-refractivity contribution in [2.45, 2.75) is 187 Å². The molecule has 0 aliphatic carbocycles. The van der Waals surface area contributed by atoms with Crippen molar-refractivity contribution in [1.82, 2.24) is 4.90 Å². The summed E-state index contributed by atoms with van der Waals surface area (Å²) >= 11 is 0. The van der Waals surface area contributed by atoms with E-state index in [9.17, 15) is 0 Å². The van der Waals surface area contributed by atoms with Crippen molar-refractivity contribution in [2.75, 3.05) is 14.1 Å². The number of nitrogens with zero attached hydrogens (tertiary/aromatic N) is 1. The van der Waals surface area contributed by atoms with Crippen LogP contribution in [-0.2, 0) is 0 Å². The lowest BCUT2D eigenvalue weighted by Gasteiger charge is -2.24. The lowest BCUT2D eigenvalue weighted by Crippen LogP contribution is -2.27. The van der Waals surface area contributed by atoms with Crippen LogP contribution in [-0.4, -0.2) is 25.0 Å². The van der Waals surface area contributed by atoms with Gasteiger partial charge in [0.15, 0.2) is 0 Å². The molecule has 0 aromatic heterocycles. The highest BCUT2D eigenvalue weighted by atomic mass is 15.1. The van der Waals surface area contributed by atoms with Gasteiger partial charge in [-0.3, -0.25) is 0 Å². The second kappa shape index (κ2) is 34.1. The van der Waals surface area contributed by atoms with Gasteiger partial charge in [0.25, 0.3) is 0 Å². The molecule has 0 aliphatic heterocycles. The normalized spacial score (nSPS) is 12.7. The third-order valence-corrected chi connectivity index (χ3v) is 8.21. The van der Waals surface area contributed by atoms with Gasteiger partial charge in [-0.05, 0) is 91.1 Å². The molecule has 0 aliphatic rings. The van der Waals surface area contributed by atoms with Crippen LogP contribution >= 0.6 is 0 Å². The minimum atomic E-state index is 0.789. The summed E-state index contributed by atoms with van der Waals surface area (Å²) in [6.07, 6.45) is 53.9. The first-order chi connectivity index (χ1) is 19.7. The molecule has 0 unspecified atom stereocenters. The van der Waals surface area contributed by atoms with Crippen molar-refractivity contribution in [3.63, 3.8) is 0 Å². The van der Waals surface area contributed by atoms with Crippen LogP contribution in [0.1, 0.15) is 181 Å². The maximum Gasteiger partial charge on any atom is 0.00891 e. The summed E-state index contributed by atoms with van der Waals surface area (Å²) in [5.74, 6) is 0. The fourth-order valence-electron chi connectivity index (χ4n) is 5.40. The van der Waals surface area contributed by atoms with Crippen molar-refractivity contribution in [3.05, 3.63) is 48.6 Å². The van der Waals surface area contributed by atoms with E-state index < -0.39 is 0 Å². The second-order valence-corrected chi connectivity index (χ2v) is 12.4. The Balaban J connectivity index is 3.53. The van der Waals surface area contributed by atoms with Gasteiger partial charge in [-0.25, -0.2) is 0 Å². The maximum absolute atomic E-state index is 2.49. The molecule has 0 atom stereocenters. The Morgan fingerprint density at radius 2 is 0.675 bits per heavy atom. The van der Waals surface area contributed by atoms with Gasteiger partial charge in [-0.2, -0.15) is 0 Å². The molecule has 0 rings (SSSR count). The van der Waals surface area contributed by atoms with Crippen LogP contribution in [0.25, 0.3) is 0 Å². The Labute approximate surface area is 254 Å². The molecule has 0 aromatic rings. The van der Waals surface area contributed by atoms with Crippen LogP contribution < -0.4 is 0 Å². The van der Waals surface area contributed by atoms with Crippen molar-refractivity contribution in [1.29, 1.82) is 0 Å². The average Bonchev–Trinajstić information content (AvgIpc) is 2.95. The first-order valence-corrected chi connectivity index (χ1v) is 18.0. The molecule has 40 heavy (non-hydrogen) atoms. The third kappa shape index (κ3) is 31.4. The Hall–Kier alpha value is -1.08. The number of rotatable bonds is 31. The highest BCUT2D eigenvalue weighted by Crippen LogP contribution is 2.17. The van der Waals surface area contributed by atoms with E-state index in [1.807, 2.05) is 0 Å². The SMILES string of the molecule is CCCCC/C=C\C/C=C\CCCCCCCCC(CCCCCCCC/C=C\C/C=C\CCCCC)N(C)C. The van der Waals surface area contributed by atoms with Crippen molar-refractivity contribution in [3.8, 4) is 0 Å². The quantitative estimate of drug-likeness (QED) is 0.0607. The Morgan fingerprint density at radius 1 is 0.375 bits per heavy atom. The van der Waals surface area contributed by atoms with Gasteiger partial charge in [-0.1, -0.05) is 152 Å². The van der Waals surface area contributed by atoms with Crippen molar-refractivity contribution in [2.24, 2.45) is 0 Å². The van der Waals surface area contributed by atoms with E-state index >= 15 is 0 Å². The zero-order chi connectivity index (χ0) is 29.2. The summed E-state index contributed by atoms with van der Waals surface area (Å²) in [7, 11) is 4.58. The molecule has 0 saturated heterocycles. The smallest absolute Gasteiger partial charge is 0.00891 e. The lowest BCUT2D eigenvalue weighted by molar-refractivity contribution is 0.251. The molecular formula is C39H73N. The van der Waals surface area contributed by atoms with Crippen LogP contribution in [0.3, 0.4) is 0 Å². The summed E-state index contributed by atoms with van der Waals surface area (Å²) in [6.45, 7) is 4.54. The lowest BCUT2D eigenvalue weighted by atomic mass is 9.99. The predicted octanol–water partition coefficient (Wildman–Crippen LogP) is 13.3. The summed E-state index contributed by atoms with van der Waals surface area (Å²) in [6, 6.07) is 0.789. The largest absolute Gasteiger partial charge is 0.306 e. The average molecular weight is 556 g/mol. The molecule has 1 nitrogen and oxygen atoms in total. The van der Waals surface area contributed by atoms with Gasteiger partial charge in [0.1, 0.15) is 0 Å². The highest BCUT2D eigenvalue weighted by Gasteiger charge is 2.10. The molecule has 0 N–H and O–H groups in total. The third-order valence-electron chi connectivity index (χ3n) is 8.21. The molecule has 1 heteroatoms. The zero-order valence-electron chi connectivity index (χ0n) is 28.0. The van der Waals surface area contributed by atoms with Gasteiger partial charge >= 0.3 is 0 Å². The van der Waals surface area contributed by atoms with E-state index in [1.165, 1.54) is 154 Å². The molecule has 0 radical (unpaired) electrons. The number of unbranched alkanes of at least 4 members (excludes halogenated alkanes) is 18. The molecule has 0 bridgehead atoms. The summed E-state index contributed by atoms with van der Waals surface area (Å²) in [4.78, 5) is 2.49. The van der Waals surface area contributed by atoms with E-state index in [0.29, 0.717) is 0 Å². The molecule has 0 saturated carbocycles. The topological polar surface area (TPSA) is 3.24 Å². The van der Waals surface area contributed by atoms with Crippen molar-refractivity contribution >= 4 is 0 Å². The summed E-state index contributed by atoms with van der Waals surface area (Å²) in [5, 5.41) is 0. The fraction of sp³-hybridized carbons (Fsp3) is 0.795. The van der Waals surface area contributed by atoms with E-state index in [1.54, 1.807) is 0 Å². The van der Waals surface area contributed by atoms with Crippen LogP contribution in [0.15, 0.2) is 48.6 Å². The predicted molar refractivity (Wildman–Crippen MR) is 185 cm³/mol. The van der Waals surface area contributed by atoms with Gasteiger partial charge < -0.3 is 4.90 Å². The first kappa shape index (κ1) is 38.9. The molecule has 0 amide bonds. The minimum Gasteiger partial charge on any atom is -0.306 e. The maximum atomic E-state index is 2.49. The second-order valence-electron chi connectivity index (χ2n) is 12.4. The molecular weight excluding hydrogens is 482 g/mol. The van der Waals surface area contributed by atoms with Gasteiger partial charge in [0, 0.05) is 6.04 Å². The van der Waals surface area contributed by atoms with E-state index in [4.69, 9.17) is 0 Å². The monoisotopic (exact) mass is 556 g/mol. The summed E-state index contributed by atoms with van der Waals surface area (Å²) in [5.41, 5.74) is 0. The van der Waals surface area contributed by atoms with E-state index in [2.05, 4.69) is 81.5 Å². The Bertz CT molecular complexity index is 534. The van der Waals surface area contributed by atoms with Gasteiger partial charge in [0.05, 0.1) is 0 Å². The zero-order valence-corrected chi connectivity index (χ0v) is 28.0. The molecule has 0 heterocycles. The molecule has 0 fully saturated rings. The first-order valence-electron chi connectivity index (χ1n) is 18.0. The number of hydrogen-bond donors (Lipinski definition) is 0. The molecule has 0 spiro atoms. The van der Waals surface area contributed by atoms with Crippen LogP contribution in [0.2, 0.25) is 0 Å². The Morgan fingerprint density at radius 3 is 1.00 bits per heavy atom. The Kier molecular flexibility index (Phi) is 33.2. The minimum absolute atomic E-state index is 0.789. The van der Waals surface area contributed by atoms with Crippen LogP contribution in [0, 0.1) is 0 Å². The van der Waals surface area contributed by atoms with Crippen LogP contribution in [0.5, 0.6) is 0 Å². The van der Waals surface area contributed by atoms with Gasteiger partial charge in [-0.15, -0.1) is 0 Å².